The van der Waals surface area contributed by atoms with Gasteiger partial charge in [-0.3, -0.25) is 10.2 Å². The molecule has 154 valence electrons. The van der Waals surface area contributed by atoms with Gasteiger partial charge in [0.05, 0.1) is 4.90 Å². The summed E-state index contributed by atoms with van der Waals surface area (Å²) in [7, 11) is -2.67. The molecule has 0 radical (unpaired) electrons. The maximum absolute atomic E-state index is 12.2. The van der Waals surface area contributed by atoms with Crippen LogP contribution >= 0.6 is 0 Å². The first-order valence-electron chi connectivity index (χ1n) is 9.16. The molecule has 2 rings (SSSR count). The number of piperidine rings is 1. The molecule has 1 fully saturated rings. The molecule has 1 saturated heterocycles. The lowest BCUT2D eigenvalue weighted by Crippen LogP contribution is -2.42. The number of carbonyl (C=O) groups is 2. The van der Waals surface area contributed by atoms with Crippen molar-refractivity contribution in [3.05, 3.63) is 29.8 Å². The van der Waals surface area contributed by atoms with Crippen molar-refractivity contribution < 1.29 is 22.7 Å². The maximum Gasteiger partial charge on any atom is 0.410 e. The molecular weight excluding hydrogens is 382 g/mol. The Morgan fingerprint density at radius 3 is 2.25 bits per heavy atom. The maximum atomic E-state index is 12.2. The van der Waals surface area contributed by atoms with Crippen LogP contribution in [0.4, 0.5) is 4.79 Å². The van der Waals surface area contributed by atoms with Gasteiger partial charge in [-0.2, -0.15) is 0 Å². The number of rotatable bonds is 4. The highest BCUT2D eigenvalue weighted by Crippen LogP contribution is 2.22. The Bertz CT molecular complexity index is 796. The lowest BCUT2D eigenvalue weighted by molar-refractivity contribution is -0.120. The molecule has 0 aliphatic carbocycles. The number of carbonyl (C=O) groups excluding carboxylic acids is 2. The van der Waals surface area contributed by atoms with Crippen molar-refractivity contribution in [3.63, 3.8) is 0 Å². The van der Waals surface area contributed by atoms with Gasteiger partial charge in [-0.1, -0.05) is 12.1 Å². The van der Waals surface area contributed by atoms with Gasteiger partial charge in [-0.25, -0.2) is 13.2 Å². The number of amidine groups is 1. The Kier molecular flexibility index (Phi) is 7.17. The number of hydrogen-bond donors (Lipinski definition) is 3. The number of nitrogens with zero attached hydrogens (tertiary/aromatic N) is 1. The Labute approximate surface area is 166 Å². The van der Waals surface area contributed by atoms with Crippen molar-refractivity contribution in [2.45, 2.75) is 50.5 Å². The molecule has 1 aromatic rings. The fraction of sp³-hybridized carbons (Fsp3) is 0.526. The van der Waals surface area contributed by atoms with Crippen LogP contribution in [0.25, 0.3) is 0 Å². The molecule has 28 heavy (non-hydrogen) atoms. The lowest BCUT2D eigenvalue weighted by atomic mass is 9.93. The van der Waals surface area contributed by atoms with Gasteiger partial charge in [0, 0.05) is 25.1 Å². The average molecular weight is 410 g/mol. The second-order valence-corrected chi connectivity index (χ2v) is 8.87. The van der Waals surface area contributed by atoms with Crippen LogP contribution in [-0.2, 0) is 20.2 Å². The zero-order valence-electron chi connectivity index (χ0n) is 16.4. The minimum atomic E-state index is -2.67. The molecule has 1 aromatic carbocycles. The number of nitrogens with one attached hydrogen (secondary N) is 2. The molecule has 0 atom stereocenters. The first-order valence-corrected chi connectivity index (χ1v) is 10.3. The highest BCUT2D eigenvalue weighted by atomic mass is 32.2. The Balaban J connectivity index is 1.79. The van der Waals surface area contributed by atoms with Crippen molar-refractivity contribution in [3.8, 4) is 0 Å². The molecule has 9 heteroatoms. The zero-order valence-corrected chi connectivity index (χ0v) is 17.3. The van der Waals surface area contributed by atoms with Gasteiger partial charge in [0.1, 0.15) is 11.4 Å². The molecule has 0 spiro atoms. The van der Waals surface area contributed by atoms with E-state index in [1.165, 1.54) is 24.3 Å². The summed E-state index contributed by atoms with van der Waals surface area (Å²) >= 11 is 0. The van der Waals surface area contributed by atoms with Crippen LogP contribution in [0, 0.1) is 11.3 Å². The fourth-order valence-electron chi connectivity index (χ4n) is 2.92. The van der Waals surface area contributed by atoms with E-state index < -0.39 is 16.3 Å². The number of amides is 2. The number of benzene rings is 1. The normalized spacial score (nSPS) is 15.4. The minimum Gasteiger partial charge on any atom is -0.444 e. The van der Waals surface area contributed by atoms with Crippen LogP contribution in [0.2, 0.25) is 0 Å². The molecule has 0 saturated carbocycles. The van der Waals surface area contributed by atoms with Crippen LogP contribution in [-0.4, -0.2) is 49.8 Å². The van der Waals surface area contributed by atoms with Crippen LogP contribution < -0.4 is 5.32 Å². The van der Waals surface area contributed by atoms with E-state index in [1.54, 1.807) is 4.90 Å². The Hall–Kier alpha value is -2.42. The quantitative estimate of drug-likeness (QED) is 0.400. The third-order valence-corrected chi connectivity index (χ3v) is 5.09. The number of thiol groups is 1. The van der Waals surface area contributed by atoms with Gasteiger partial charge in [0.2, 0.25) is 5.91 Å². The van der Waals surface area contributed by atoms with E-state index in [-0.39, 0.29) is 35.1 Å². The standard InChI is InChI=1S/C19H27N3O5S/c1-19(2,3)27-18(24)22-10-8-13(9-11-22)12-16(23)21-17(20)14-4-6-15(7-5-14)28(25)26/h4-7,13,28H,8-12H2,1-3H3,(H2,20,21,23). The van der Waals surface area contributed by atoms with E-state index in [0.717, 1.165) is 0 Å². The van der Waals surface area contributed by atoms with E-state index in [2.05, 4.69) is 5.32 Å². The molecule has 0 unspecified atom stereocenters. The molecule has 1 aliphatic rings. The number of ether oxygens (including phenoxy) is 1. The summed E-state index contributed by atoms with van der Waals surface area (Å²) in [5, 5.41) is 10.5. The number of likely N-dealkylation sites (tertiary alicyclic amines) is 1. The molecule has 0 aromatic heterocycles. The average Bonchev–Trinajstić information content (AvgIpc) is 2.60. The summed E-state index contributed by atoms with van der Waals surface area (Å²) < 4.78 is 27.2. The first kappa shape index (κ1) is 21.9. The van der Waals surface area contributed by atoms with Crippen LogP contribution in [0.3, 0.4) is 0 Å². The van der Waals surface area contributed by atoms with Crippen molar-refractivity contribution in [1.29, 1.82) is 5.41 Å². The third kappa shape index (κ3) is 6.63. The topological polar surface area (TPSA) is 117 Å². The summed E-state index contributed by atoms with van der Waals surface area (Å²) in [6, 6.07) is 5.77. The molecular formula is C19H27N3O5S. The lowest BCUT2D eigenvalue weighted by Gasteiger charge is -2.33. The summed E-state index contributed by atoms with van der Waals surface area (Å²) in [5.41, 5.74) is -0.0934. The van der Waals surface area contributed by atoms with E-state index in [9.17, 15) is 18.0 Å². The van der Waals surface area contributed by atoms with Crippen LogP contribution in [0.1, 0.15) is 45.6 Å². The van der Waals surface area contributed by atoms with Gasteiger partial charge >= 0.3 is 6.09 Å². The third-order valence-electron chi connectivity index (χ3n) is 4.37. The van der Waals surface area contributed by atoms with E-state index in [4.69, 9.17) is 10.1 Å². The van der Waals surface area contributed by atoms with Gasteiger partial charge in [-0.05, 0) is 51.7 Å². The second kappa shape index (κ2) is 9.18. The first-order chi connectivity index (χ1) is 13.0. The fourth-order valence-corrected chi connectivity index (χ4v) is 3.31. The summed E-state index contributed by atoms with van der Waals surface area (Å²) in [4.78, 5) is 26.1. The SMILES string of the molecule is CC(C)(C)OC(=O)N1CCC(CC(=O)NC(=N)c2ccc([SH](=O)=O)cc2)CC1. The minimum absolute atomic E-state index is 0.0659. The molecule has 2 N–H and O–H groups in total. The Morgan fingerprint density at radius 1 is 1.18 bits per heavy atom. The highest BCUT2D eigenvalue weighted by Gasteiger charge is 2.27. The van der Waals surface area contributed by atoms with Gasteiger partial charge in [0.15, 0.2) is 10.7 Å². The predicted molar refractivity (Wildman–Crippen MR) is 105 cm³/mol. The van der Waals surface area contributed by atoms with E-state index in [0.29, 0.717) is 31.5 Å². The summed E-state index contributed by atoms with van der Waals surface area (Å²) in [6.45, 7) is 6.56. The predicted octanol–water partition coefficient (Wildman–Crippen LogP) is 2.14. The highest BCUT2D eigenvalue weighted by molar-refractivity contribution is 7.72. The second-order valence-electron chi connectivity index (χ2n) is 7.84. The number of hydrogen-bond acceptors (Lipinski definition) is 6. The van der Waals surface area contributed by atoms with Crippen LogP contribution in [0.15, 0.2) is 29.2 Å². The zero-order chi connectivity index (χ0) is 20.9. The smallest absolute Gasteiger partial charge is 0.410 e. The van der Waals surface area contributed by atoms with Gasteiger partial charge in [-0.15, -0.1) is 0 Å². The van der Waals surface area contributed by atoms with Crippen molar-refractivity contribution in [2.24, 2.45) is 5.92 Å². The summed E-state index contributed by atoms with van der Waals surface area (Å²) in [5.74, 6) is -0.193. The van der Waals surface area contributed by atoms with Crippen molar-refractivity contribution >= 4 is 28.5 Å². The Morgan fingerprint density at radius 2 is 1.75 bits per heavy atom. The molecule has 1 aliphatic heterocycles. The molecule has 1 heterocycles. The summed E-state index contributed by atoms with van der Waals surface area (Å²) in [6.07, 6.45) is 1.34. The van der Waals surface area contributed by atoms with Gasteiger partial charge in [0.25, 0.3) is 0 Å². The van der Waals surface area contributed by atoms with E-state index >= 15 is 0 Å². The molecule has 8 nitrogen and oxygen atoms in total. The largest absolute Gasteiger partial charge is 0.444 e. The van der Waals surface area contributed by atoms with Crippen molar-refractivity contribution in [2.75, 3.05) is 13.1 Å². The van der Waals surface area contributed by atoms with Gasteiger partial charge < -0.3 is 15.0 Å². The van der Waals surface area contributed by atoms with Crippen LogP contribution in [0.5, 0.6) is 0 Å². The van der Waals surface area contributed by atoms with Crippen molar-refractivity contribution in [1.82, 2.24) is 10.2 Å². The molecule has 2 amide bonds. The molecule has 0 bridgehead atoms. The van der Waals surface area contributed by atoms with E-state index in [1.807, 2.05) is 20.8 Å². The monoisotopic (exact) mass is 409 g/mol.